The van der Waals surface area contributed by atoms with Gasteiger partial charge in [0.1, 0.15) is 4.88 Å². The number of nitrogens with zero attached hydrogens (tertiary/aromatic N) is 2. The van der Waals surface area contributed by atoms with Crippen LogP contribution in [-0.4, -0.2) is 59.1 Å². The number of nitrogens with one attached hydrogen (secondary N) is 1. The second-order valence-corrected chi connectivity index (χ2v) is 7.11. The number of aryl methyl sites for hydroxylation is 1. The Balaban J connectivity index is 1.61. The Morgan fingerprint density at radius 3 is 2.69 bits per heavy atom. The van der Waals surface area contributed by atoms with Gasteiger partial charge >= 0.3 is 0 Å². The first-order chi connectivity index (χ1) is 12.5. The van der Waals surface area contributed by atoms with Gasteiger partial charge in [0.2, 0.25) is 0 Å². The van der Waals surface area contributed by atoms with Gasteiger partial charge in [0.25, 0.3) is 17.0 Å². The lowest BCUT2D eigenvalue weighted by molar-refractivity contribution is 0.0315. The summed E-state index contributed by atoms with van der Waals surface area (Å²) < 4.78 is 5.05. The van der Waals surface area contributed by atoms with Crippen molar-refractivity contribution in [1.82, 2.24) is 15.2 Å². The van der Waals surface area contributed by atoms with E-state index in [0.717, 1.165) is 0 Å². The van der Waals surface area contributed by atoms with Gasteiger partial charge in [0, 0.05) is 18.7 Å². The zero-order valence-corrected chi connectivity index (χ0v) is 15.5. The number of ether oxygens (including phenoxy) is 1. The molecule has 3 rings (SSSR count). The van der Waals surface area contributed by atoms with E-state index in [1.807, 2.05) is 18.2 Å². The third-order valence-corrected chi connectivity index (χ3v) is 5.48. The lowest BCUT2D eigenvalue weighted by Crippen LogP contribution is -2.55. The average Bonchev–Trinajstić information content (AvgIpc) is 3.04. The fourth-order valence-electron chi connectivity index (χ4n) is 2.95. The standard InChI is InChI=1S/C18H21N3O4S/c1-11-15(26-18(19-11)25-2)16(23)20-13-8-9-21(10-14(13)22)17(24)12-6-4-3-5-7-12/h3-7,13-14,22H,8-10H2,1-2H3,(H,20,23)/t13-,14-/m1/s1. The normalized spacial score (nSPS) is 19.9. The van der Waals surface area contributed by atoms with E-state index in [9.17, 15) is 14.7 Å². The Bertz CT molecular complexity index is 793. The lowest BCUT2D eigenvalue weighted by atomic mass is 10.0. The van der Waals surface area contributed by atoms with Crippen LogP contribution in [0.2, 0.25) is 0 Å². The van der Waals surface area contributed by atoms with Gasteiger partial charge in [-0.2, -0.15) is 0 Å². The summed E-state index contributed by atoms with van der Waals surface area (Å²) in [4.78, 5) is 31.2. The smallest absolute Gasteiger partial charge is 0.273 e. The molecule has 1 saturated heterocycles. The molecule has 2 atom stereocenters. The molecule has 0 bridgehead atoms. The molecular weight excluding hydrogens is 354 g/mol. The number of β-amino-alcohol motifs (C(OH)–C–C–N with tert-alkyl or cyclic N) is 1. The molecule has 1 aromatic heterocycles. The summed E-state index contributed by atoms with van der Waals surface area (Å²) in [7, 11) is 1.50. The van der Waals surface area contributed by atoms with E-state index in [0.29, 0.717) is 34.3 Å². The summed E-state index contributed by atoms with van der Waals surface area (Å²) in [5, 5.41) is 13.7. The molecule has 0 spiro atoms. The van der Waals surface area contributed by atoms with Crippen LogP contribution >= 0.6 is 11.3 Å². The number of rotatable bonds is 4. The van der Waals surface area contributed by atoms with Crippen molar-refractivity contribution in [2.45, 2.75) is 25.5 Å². The third-order valence-electron chi connectivity index (χ3n) is 4.36. The Morgan fingerprint density at radius 2 is 2.08 bits per heavy atom. The summed E-state index contributed by atoms with van der Waals surface area (Å²) in [5.74, 6) is -0.396. The molecule has 2 N–H and O–H groups in total. The van der Waals surface area contributed by atoms with Crippen molar-refractivity contribution in [1.29, 1.82) is 0 Å². The van der Waals surface area contributed by atoms with E-state index in [1.165, 1.54) is 18.4 Å². The van der Waals surface area contributed by atoms with Gasteiger partial charge in [0.15, 0.2) is 0 Å². The number of aliphatic hydroxyl groups is 1. The SMILES string of the molecule is COc1nc(C)c(C(=O)N[C@@H]2CCN(C(=O)c3ccccc3)C[C@H]2O)s1. The lowest BCUT2D eigenvalue weighted by Gasteiger charge is -2.36. The number of carbonyl (C=O) groups excluding carboxylic acids is 2. The van der Waals surface area contributed by atoms with E-state index in [2.05, 4.69) is 10.3 Å². The van der Waals surface area contributed by atoms with Gasteiger partial charge in [-0.25, -0.2) is 4.98 Å². The van der Waals surface area contributed by atoms with Crippen molar-refractivity contribution in [2.75, 3.05) is 20.2 Å². The molecule has 138 valence electrons. The molecule has 2 heterocycles. The fraction of sp³-hybridized carbons (Fsp3) is 0.389. The average molecular weight is 375 g/mol. The highest BCUT2D eigenvalue weighted by Gasteiger charge is 2.32. The summed E-state index contributed by atoms with van der Waals surface area (Å²) in [6.07, 6.45) is -0.337. The molecule has 1 aliphatic heterocycles. The van der Waals surface area contributed by atoms with Crippen LogP contribution in [0.25, 0.3) is 0 Å². The molecule has 0 radical (unpaired) electrons. The number of piperidine rings is 1. The molecule has 2 amide bonds. The van der Waals surface area contributed by atoms with Crippen molar-refractivity contribution in [2.24, 2.45) is 0 Å². The zero-order chi connectivity index (χ0) is 18.7. The highest BCUT2D eigenvalue weighted by Crippen LogP contribution is 2.24. The molecular formula is C18H21N3O4S. The van der Waals surface area contributed by atoms with Crippen LogP contribution in [0.4, 0.5) is 0 Å². The molecule has 8 heteroatoms. The van der Waals surface area contributed by atoms with E-state index < -0.39 is 12.1 Å². The second kappa shape index (κ2) is 7.84. The quantitative estimate of drug-likeness (QED) is 0.844. The van der Waals surface area contributed by atoms with E-state index >= 15 is 0 Å². The van der Waals surface area contributed by atoms with Crippen LogP contribution in [0, 0.1) is 6.92 Å². The second-order valence-electron chi connectivity index (χ2n) is 6.15. The van der Waals surface area contributed by atoms with Crippen LogP contribution < -0.4 is 10.1 Å². The molecule has 26 heavy (non-hydrogen) atoms. The van der Waals surface area contributed by atoms with Crippen molar-refractivity contribution in [3.05, 3.63) is 46.5 Å². The van der Waals surface area contributed by atoms with Crippen LogP contribution in [0.1, 0.15) is 32.1 Å². The highest BCUT2D eigenvalue weighted by atomic mass is 32.1. The molecule has 0 unspecified atom stereocenters. The first-order valence-electron chi connectivity index (χ1n) is 8.34. The summed E-state index contributed by atoms with van der Waals surface area (Å²) in [6.45, 7) is 2.40. The van der Waals surface area contributed by atoms with E-state index in [4.69, 9.17) is 4.74 Å². The van der Waals surface area contributed by atoms with Crippen molar-refractivity contribution < 1.29 is 19.4 Å². The highest BCUT2D eigenvalue weighted by molar-refractivity contribution is 7.15. The van der Waals surface area contributed by atoms with Crippen LogP contribution in [0.15, 0.2) is 30.3 Å². The number of benzene rings is 1. The van der Waals surface area contributed by atoms with Gasteiger partial charge < -0.3 is 20.1 Å². The Hall–Kier alpha value is -2.45. The van der Waals surface area contributed by atoms with Gasteiger partial charge in [-0.15, -0.1) is 0 Å². The minimum atomic E-state index is -0.824. The number of aromatic nitrogens is 1. The number of amides is 2. The largest absolute Gasteiger partial charge is 0.473 e. The zero-order valence-electron chi connectivity index (χ0n) is 14.6. The van der Waals surface area contributed by atoms with E-state index in [-0.39, 0.29) is 18.4 Å². The Labute approximate surface area is 155 Å². The first kappa shape index (κ1) is 18.3. The predicted octanol–water partition coefficient (Wildman–Crippen LogP) is 1.47. The molecule has 1 aromatic carbocycles. The third kappa shape index (κ3) is 3.86. The minimum Gasteiger partial charge on any atom is -0.473 e. The van der Waals surface area contributed by atoms with E-state index in [1.54, 1.807) is 24.0 Å². The first-order valence-corrected chi connectivity index (χ1v) is 9.16. The van der Waals surface area contributed by atoms with Crippen molar-refractivity contribution in [3.63, 3.8) is 0 Å². The number of hydrogen-bond donors (Lipinski definition) is 2. The van der Waals surface area contributed by atoms with Crippen molar-refractivity contribution >= 4 is 23.2 Å². The molecule has 0 aliphatic carbocycles. The topological polar surface area (TPSA) is 91.8 Å². The molecule has 1 fully saturated rings. The maximum atomic E-state index is 12.5. The predicted molar refractivity (Wildman–Crippen MR) is 97.6 cm³/mol. The van der Waals surface area contributed by atoms with Crippen molar-refractivity contribution in [3.8, 4) is 5.19 Å². The number of aliphatic hydroxyl groups excluding tert-OH is 1. The Kier molecular flexibility index (Phi) is 5.53. The molecule has 0 saturated carbocycles. The monoisotopic (exact) mass is 375 g/mol. The summed E-state index contributed by atoms with van der Waals surface area (Å²) >= 11 is 1.17. The number of likely N-dealkylation sites (tertiary alicyclic amines) is 1. The molecule has 7 nitrogen and oxygen atoms in total. The van der Waals surface area contributed by atoms with Crippen LogP contribution in [0.5, 0.6) is 5.19 Å². The maximum absolute atomic E-state index is 12.5. The fourth-order valence-corrected chi connectivity index (χ4v) is 3.74. The van der Waals surface area contributed by atoms with Crippen LogP contribution in [0.3, 0.4) is 0 Å². The van der Waals surface area contributed by atoms with Crippen LogP contribution in [-0.2, 0) is 0 Å². The van der Waals surface area contributed by atoms with Gasteiger partial charge in [-0.3, -0.25) is 9.59 Å². The van der Waals surface area contributed by atoms with Gasteiger partial charge in [0.05, 0.1) is 24.9 Å². The summed E-state index contributed by atoms with van der Waals surface area (Å²) in [5.41, 5.74) is 1.19. The Morgan fingerprint density at radius 1 is 1.35 bits per heavy atom. The number of methoxy groups -OCH3 is 1. The van der Waals surface area contributed by atoms with Gasteiger partial charge in [-0.05, 0) is 25.5 Å². The van der Waals surface area contributed by atoms with Gasteiger partial charge in [-0.1, -0.05) is 29.5 Å². The number of carbonyl (C=O) groups is 2. The number of hydrogen-bond acceptors (Lipinski definition) is 6. The molecule has 1 aliphatic rings. The maximum Gasteiger partial charge on any atom is 0.273 e. The minimum absolute atomic E-state index is 0.113. The summed E-state index contributed by atoms with van der Waals surface area (Å²) in [6, 6.07) is 8.56. The molecule has 2 aromatic rings. The number of thiazole rings is 1.